The zero-order valence-electron chi connectivity index (χ0n) is 15.9. The second kappa shape index (κ2) is 7.81. The van der Waals surface area contributed by atoms with Gasteiger partial charge in [0, 0.05) is 33.9 Å². The molecule has 2 heterocycles. The van der Waals surface area contributed by atoms with Crippen LogP contribution in [0.4, 0.5) is 10.8 Å². The number of aryl methyl sites for hydroxylation is 2. The first-order chi connectivity index (χ1) is 14.0. The van der Waals surface area contributed by atoms with Crippen LogP contribution in [0.3, 0.4) is 0 Å². The van der Waals surface area contributed by atoms with Crippen molar-refractivity contribution in [1.29, 1.82) is 0 Å². The molecule has 2 amide bonds. The predicted molar refractivity (Wildman–Crippen MR) is 116 cm³/mol. The number of anilines is 2. The van der Waals surface area contributed by atoms with E-state index in [4.69, 9.17) is 0 Å². The quantitative estimate of drug-likeness (QED) is 0.513. The second-order valence-electron chi connectivity index (χ2n) is 6.65. The number of carbonyl (C=O) groups is 2. The van der Waals surface area contributed by atoms with Crippen LogP contribution in [0.1, 0.15) is 32.0 Å². The van der Waals surface area contributed by atoms with Crippen molar-refractivity contribution in [2.75, 3.05) is 10.6 Å². The molecular weight excluding hydrogens is 384 g/mol. The Balaban J connectivity index is 1.54. The smallest absolute Gasteiger partial charge is 0.257 e. The van der Waals surface area contributed by atoms with Gasteiger partial charge in [-0.2, -0.15) is 0 Å². The van der Waals surface area contributed by atoms with Gasteiger partial charge in [0.15, 0.2) is 5.13 Å². The first-order valence-corrected chi connectivity index (χ1v) is 9.88. The van der Waals surface area contributed by atoms with Gasteiger partial charge >= 0.3 is 0 Å². The van der Waals surface area contributed by atoms with Crippen LogP contribution in [0.2, 0.25) is 0 Å². The lowest BCUT2D eigenvalue weighted by Gasteiger charge is -2.10. The van der Waals surface area contributed by atoms with Crippen LogP contribution < -0.4 is 10.6 Å². The summed E-state index contributed by atoms with van der Waals surface area (Å²) in [6, 6.07) is 14.4. The van der Waals surface area contributed by atoms with Crippen molar-refractivity contribution < 1.29 is 9.59 Å². The molecule has 0 radical (unpaired) electrons. The Hall–Kier alpha value is -3.58. The standard InChI is InChI=1S/C22H18N4O2S/c1-13-3-8-19-17(11-13)18(12-14(2)24-19)21(28)25-16-6-4-15(5-7-16)20(27)26-22-23-9-10-29-22/h3-12H,1-2H3,(H,25,28)(H,23,26,27). The molecule has 4 aromatic rings. The molecule has 0 aliphatic rings. The molecule has 0 spiro atoms. The molecule has 0 saturated carbocycles. The highest BCUT2D eigenvalue weighted by Crippen LogP contribution is 2.22. The van der Waals surface area contributed by atoms with Crippen molar-refractivity contribution in [2.45, 2.75) is 13.8 Å². The first kappa shape index (κ1) is 18.8. The molecule has 0 aliphatic carbocycles. The van der Waals surface area contributed by atoms with E-state index in [0.717, 1.165) is 22.2 Å². The van der Waals surface area contributed by atoms with E-state index in [2.05, 4.69) is 20.6 Å². The lowest BCUT2D eigenvalue weighted by atomic mass is 10.0. The molecule has 0 atom stereocenters. The summed E-state index contributed by atoms with van der Waals surface area (Å²) in [4.78, 5) is 33.7. The summed E-state index contributed by atoms with van der Waals surface area (Å²) in [5.41, 5.74) is 4.29. The summed E-state index contributed by atoms with van der Waals surface area (Å²) in [7, 11) is 0. The van der Waals surface area contributed by atoms with Gasteiger partial charge in [0.1, 0.15) is 0 Å². The molecule has 0 fully saturated rings. The lowest BCUT2D eigenvalue weighted by Crippen LogP contribution is -2.14. The van der Waals surface area contributed by atoms with E-state index in [1.807, 2.05) is 32.0 Å². The highest BCUT2D eigenvalue weighted by molar-refractivity contribution is 7.13. The summed E-state index contributed by atoms with van der Waals surface area (Å²) in [6.45, 7) is 3.85. The Morgan fingerprint density at radius 1 is 0.931 bits per heavy atom. The highest BCUT2D eigenvalue weighted by Gasteiger charge is 2.13. The van der Waals surface area contributed by atoms with Gasteiger partial charge < -0.3 is 5.32 Å². The third kappa shape index (κ3) is 4.14. The minimum atomic E-state index is -0.246. The van der Waals surface area contributed by atoms with Crippen LogP contribution in [0.5, 0.6) is 0 Å². The van der Waals surface area contributed by atoms with E-state index in [1.165, 1.54) is 11.3 Å². The molecule has 0 bridgehead atoms. The predicted octanol–water partition coefficient (Wildman–Crippen LogP) is 4.81. The minimum Gasteiger partial charge on any atom is -0.322 e. The number of rotatable bonds is 4. The van der Waals surface area contributed by atoms with Crippen LogP contribution in [-0.4, -0.2) is 21.8 Å². The Kier molecular flexibility index (Phi) is 5.05. The van der Waals surface area contributed by atoms with Crippen molar-refractivity contribution in [3.8, 4) is 0 Å². The van der Waals surface area contributed by atoms with Gasteiger partial charge in [0.05, 0.1) is 11.1 Å². The second-order valence-corrected chi connectivity index (χ2v) is 7.55. The Morgan fingerprint density at radius 2 is 1.72 bits per heavy atom. The molecular formula is C22H18N4O2S. The van der Waals surface area contributed by atoms with E-state index in [0.29, 0.717) is 21.9 Å². The summed E-state index contributed by atoms with van der Waals surface area (Å²) in [5, 5.41) is 8.78. The zero-order valence-corrected chi connectivity index (χ0v) is 16.7. The van der Waals surface area contributed by atoms with Crippen molar-refractivity contribution in [1.82, 2.24) is 9.97 Å². The third-order valence-corrected chi connectivity index (χ3v) is 5.08. The number of nitrogens with one attached hydrogen (secondary N) is 2. The van der Waals surface area contributed by atoms with E-state index in [9.17, 15) is 9.59 Å². The molecule has 4 rings (SSSR count). The molecule has 2 aromatic heterocycles. The number of fused-ring (bicyclic) bond motifs is 1. The van der Waals surface area contributed by atoms with Crippen molar-refractivity contribution >= 4 is 44.9 Å². The van der Waals surface area contributed by atoms with E-state index in [1.54, 1.807) is 41.9 Å². The van der Waals surface area contributed by atoms with Crippen LogP contribution in [0, 0.1) is 13.8 Å². The van der Waals surface area contributed by atoms with Crippen LogP contribution in [0.25, 0.3) is 10.9 Å². The summed E-state index contributed by atoms with van der Waals surface area (Å²) in [6.07, 6.45) is 1.63. The maximum atomic E-state index is 12.9. The van der Waals surface area contributed by atoms with Gasteiger partial charge in [0.2, 0.25) is 0 Å². The summed E-state index contributed by atoms with van der Waals surface area (Å²) < 4.78 is 0. The largest absolute Gasteiger partial charge is 0.322 e. The molecule has 0 aliphatic heterocycles. The number of amides is 2. The molecule has 2 aromatic carbocycles. The van der Waals surface area contributed by atoms with Gasteiger partial charge in [-0.1, -0.05) is 11.6 Å². The molecule has 0 saturated heterocycles. The van der Waals surface area contributed by atoms with Gasteiger partial charge in [-0.3, -0.25) is 19.9 Å². The van der Waals surface area contributed by atoms with Crippen molar-refractivity contribution in [3.05, 3.63) is 82.5 Å². The SMILES string of the molecule is Cc1ccc2nc(C)cc(C(=O)Nc3ccc(C(=O)Nc4nccs4)cc3)c2c1. The Labute approximate surface area is 171 Å². The monoisotopic (exact) mass is 402 g/mol. The van der Waals surface area contributed by atoms with E-state index in [-0.39, 0.29) is 11.8 Å². The average Bonchev–Trinajstić information content (AvgIpc) is 3.21. The number of thiazole rings is 1. The maximum Gasteiger partial charge on any atom is 0.257 e. The van der Waals surface area contributed by atoms with Crippen LogP contribution >= 0.6 is 11.3 Å². The van der Waals surface area contributed by atoms with Crippen LogP contribution in [-0.2, 0) is 0 Å². The van der Waals surface area contributed by atoms with Gasteiger partial charge in [-0.25, -0.2) is 4.98 Å². The third-order valence-electron chi connectivity index (χ3n) is 4.39. The van der Waals surface area contributed by atoms with Crippen molar-refractivity contribution in [3.63, 3.8) is 0 Å². The summed E-state index contributed by atoms with van der Waals surface area (Å²) >= 11 is 1.35. The summed E-state index contributed by atoms with van der Waals surface area (Å²) in [5.74, 6) is -0.463. The average molecular weight is 402 g/mol. The molecule has 144 valence electrons. The number of hydrogen-bond acceptors (Lipinski definition) is 5. The molecule has 2 N–H and O–H groups in total. The van der Waals surface area contributed by atoms with Gasteiger partial charge in [-0.05, 0) is 56.3 Å². The van der Waals surface area contributed by atoms with E-state index >= 15 is 0 Å². The maximum absolute atomic E-state index is 12.9. The number of pyridine rings is 1. The zero-order chi connectivity index (χ0) is 20.4. The number of carbonyl (C=O) groups excluding carboxylic acids is 2. The van der Waals surface area contributed by atoms with Gasteiger partial charge in [0.25, 0.3) is 11.8 Å². The lowest BCUT2D eigenvalue weighted by molar-refractivity contribution is 0.102. The van der Waals surface area contributed by atoms with E-state index < -0.39 is 0 Å². The van der Waals surface area contributed by atoms with Crippen molar-refractivity contribution in [2.24, 2.45) is 0 Å². The first-order valence-electron chi connectivity index (χ1n) is 9.00. The fraction of sp³-hybridized carbons (Fsp3) is 0.0909. The fourth-order valence-electron chi connectivity index (χ4n) is 3.02. The normalized spacial score (nSPS) is 10.7. The molecule has 7 heteroatoms. The Bertz CT molecular complexity index is 1200. The number of aromatic nitrogens is 2. The minimum absolute atomic E-state index is 0.217. The topological polar surface area (TPSA) is 84.0 Å². The van der Waals surface area contributed by atoms with Gasteiger partial charge in [-0.15, -0.1) is 11.3 Å². The number of hydrogen-bond donors (Lipinski definition) is 2. The highest BCUT2D eigenvalue weighted by atomic mass is 32.1. The number of benzene rings is 2. The molecule has 29 heavy (non-hydrogen) atoms. The Morgan fingerprint density at radius 3 is 2.45 bits per heavy atom. The number of nitrogens with zero attached hydrogens (tertiary/aromatic N) is 2. The fourth-order valence-corrected chi connectivity index (χ4v) is 3.54. The molecule has 0 unspecified atom stereocenters. The van der Waals surface area contributed by atoms with Crippen LogP contribution in [0.15, 0.2) is 60.1 Å². The molecule has 6 nitrogen and oxygen atoms in total.